The van der Waals surface area contributed by atoms with Gasteiger partial charge in [0.1, 0.15) is 5.75 Å². The molecule has 0 aliphatic carbocycles. The molecule has 0 aromatic heterocycles. The van der Waals surface area contributed by atoms with Gasteiger partial charge < -0.3 is 9.64 Å². The van der Waals surface area contributed by atoms with Gasteiger partial charge in [0.25, 0.3) is 5.91 Å². The molecule has 0 fully saturated rings. The Morgan fingerprint density at radius 2 is 1.85 bits per heavy atom. The Hall–Kier alpha value is -2.60. The van der Waals surface area contributed by atoms with Crippen LogP contribution in [0.3, 0.4) is 0 Å². The van der Waals surface area contributed by atoms with Crippen LogP contribution in [0.1, 0.15) is 22.8 Å². The summed E-state index contributed by atoms with van der Waals surface area (Å²) in [6.07, 6.45) is 2.33. The summed E-state index contributed by atoms with van der Waals surface area (Å²) in [5, 5.41) is 1.19. The van der Waals surface area contributed by atoms with E-state index in [-0.39, 0.29) is 11.7 Å². The first-order valence-corrected chi connectivity index (χ1v) is 10.1. The average molecular weight is 371 g/mol. The lowest BCUT2D eigenvalue weighted by Gasteiger charge is -2.29. The van der Waals surface area contributed by atoms with Crippen LogP contribution in [0.5, 0.6) is 5.75 Å². The molecule has 6 heteroatoms. The lowest BCUT2D eigenvalue weighted by atomic mass is 10.1. The molecular weight excluding hydrogens is 350 g/mol. The van der Waals surface area contributed by atoms with Gasteiger partial charge in [-0.3, -0.25) is 4.79 Å². The summed E-state index contributed by atoms with van der Waals surface area (Å²) in [4.78, 5) is 14.9. The number of methoxy groups -OCH3 is 1. The van der Waals surface area contributed by atoms with Crippen molar-refractivity contribution in [3.8, 4) is 5.75 Å². The van der Waals surface area contributed by atoms with Crippen molar-refractivity contribution in [3.63, 3.8) is 0 Å². The molecular formula is C20H21NO4S. The third-order valence-electron chi connectivity index (χ3n) is 4.43. The number of nitrogens with zero attached hydrogens (tertiary/aromatic N) is 1. The van der Waals surface area contributed by atoms with Gasteiger partial charge in [-0.15, -0.1) is 0 Å². The molecule has 1 amide bonds. The van der Waals surface area contributed by atoms with Crippen molar-refractivity contribution in [2.75, 3.05) is 17.8 Å². The van der Waals surface area contributed by atoms with Gasteiger partial charge in [-0.1, -0.05) is 25.1 Å². The lowest BCUT2D eigenvalue weighted by Crippen LogP contribution is -2.41. The highest BCUT2D eigenvalue weighted by Crippen LogP contribution is 2.29. The van der Waals surface area contributed by atoms with E-state index in [4.69, 9.17) is 4.74 Å². The summed E-state index contributed by atoms with van der Waals surface area (Å²) in [5.74, 6) is 0.318. The highest BCUT2D eigenvalue weighted by molar-refractivity contribution is 7.94. The minimum atomic E-state index is -3.29. The molecule has 5 nitrogen and oxygen atoms in total. The Kier molecular flexibility index (Phi) is 5.13. The van der Waals surface area contributed by atoms with Crippen LogP contribution in [0.4, 0.5) is 5.69 Å². The van der Waals surface area contributed by atoms with Gasteiger partial charge in [0.2, 0.25) is 0 Å². The summed E-state index contributed by atoms with van der Waals surface area (Å²) in [7, 11) is -1.72. The molecule has 2 aromatic rings. The standard InChI is InChI=1S/C20H21NO4S/c1-3-15-6-4-5-7-19(15)21(17-12-13-26(23,24)14-17)20(22)16-8-10-18(25-2)11-9-16/h4-13,17H,3,14H2,1-2H3. The van der Waals surface area contributed by atoms with Gasteiger partial charge in [-0.25, -0.2) is 8.42 Å². The van der Waals surface area contributed by atoms with Crippen LogP contribution in [0.25, 0.3) is 0 Å². The van der Waals surface area contributed by atoms with E-state index in [0.717, 1.165) is 17.7 Å². The zero-order chi connectivity index (χ0) is 18.7. The van der Waals surface area contributed by atoms with Crippen molar-refractivity contribution < 1.29 is 17.9 Å². The number of carbonyl (C=O) groups is 1. The number of hydrogen-bond acceptors (Lipinski definition) is 4. The van der Waals surface area contributed by atoms with E-state index in [2.05, 4.69) is 0 Å². The number of ether oxygens (including phenoxy) is 1. The maximum absolute atomic E-state index is 13.3. The fourth-order valence-electron chi connectivity index (χ4n) is 3.08. The van der Waals surface area contributed by atoms with Crippen LogP contribution in [0, 0.1) is 0 Å². The zero-order valence-electron chi connectivity index (χ0n) is 14.8. The van der Waals surface area contributed by atoms with E-state index >= 15 is 0 Å². The average Bonchev–Trinajstić information content (AvgIpc) is 3.01. The molecule has 1 aliphatic heterocycles. The lowest BCUT2D eigenvalue weighted by molar-refractivity contribution is 0.0983. The Morgan fingerprint density at radius 1 is 1.15 bits per heavy atom. The molecule has 1 aliphatic rings. The molecule has 1 unspecified atom stereocenters. The molecule has 2 aromatic carbocycles. The molecule has 0 radical (unpaired) electrons. The highest BCUT2D eigenvalue weighted by atomic mass is 32.2. The Balaban J connectivity index is 2.05. The van der Waals surface area contributed by atoms with Crippen molar-refractivity contribution in [2.45, 2.75) is 19.4 Å². The SMILES string of the molecule is CCc1ccccc1N(C(=O)c1ccc(OC)cc1)C1C=CS(=O)(=O)C1. The van der Waals surface area contributed by atoms with E-state index in [0.29, 0.717) is 11.3 Å². The first kappa shape index (κ1) is 18.2. The molecule has 3 rings (SSSR count). The minimum absolute atomic E-state index is 0.104. The Labute approximate surface area is 153 Å². The van der Waals surface area contributed by atoms with Crippen molar-refractivity contribution in [1.29, 1.82) is 0 Å². The van der Waals surface area contributed by atoms with Crippen molar-refractivity contribution in [3.05, 3.63) is 71.1 Å². The number of amides is 1. The van der Waals surface area contributed by atoms with Crippen LogP contribution in [0.15, 0.2) is 60.0 Å². The number of hydrogen-bond donors (Lipinski definition) is 0. The number of anilines is 1. The van der Waals surface area contributed by atoms with Gasteiger partial charge >= 0.3 is 0 Å². The monoisotopic (exact) mass is 371 g/mol. The molecule has 0 bridgehead atoms. The van der Waals surface area contributed by atoms with E-state index < -0.39 is 15.9 Å². The zero-order valence-corrected chi connectivity index (χ0v) is 15.6. The molecule has 0 saturated heterocycles. The second-order valence-electron chi connectivity index (χ2n) is 6.11. The molecule has 1 atom stereocenters. The summed E-state index contributed by atoms with van der Waals surface area (Å²) in [5.41, 5.74) is 2.21. The van der Waals surface area contributed by atoms with Crippen LogP contribution >= 0.6 is 0 Å². The summed E-state index contributed by atoms with van der Waals surface area (Å²) in [6.45, 7) is 2.01. The van der Waals surface area contributed by atoms with Crippen LogP contribution in [-0.2, 0) is 16.3 Å². The van der Waals surface area contributed by atoms with Crippen molar-refractivity contribution in [2.24, 2.45) is 0 Å². The third-order valence-corrected chi connectivity index (χ3v) is 5.81. The normalized spacial score (nSPS) is 17.8. The molecule has 136 valence electrons. The van der Waals surface area contributed by atoms with Gasteiger partial charge in [-0.05, 0) is 48.4 Å². The first-order chi connectivity index (χ1) is 12.4. The first-order valence-electron chi connectivity index (χ1n) is 8.41. The van der Waals surface area contributed by atoms with Gasteiger partial charge in [0, 0.05) is 16.7 Å². The predicted octanol–water partition coefficient (Wildman–Crippen LogP) is 3.22. The number of para-hydroxylation sites is 1. The minimum Gasteiger partial charge on any atom is -0.497 e. The molecule has 0 N–H and O–H groups in total. The third kappa shape index (κ3) is 3.65. The Morgan fingerprint density at radius 3 is 2.42 bits per heavy atom. The van der Waals surface area contributed by atoms with E-state index in [9.17, 15) is 13.2 Å². The summed E-state index contributed by atoms with van der Waals surface area (Å²) >= 11 is 0. The second kappa shape index (κ2) is 7.33. The second-order valence-corrected chi connectivity index (χ2v) is 8.04. The van der Waals surface area contributed by atoms with E-state index in [1.54, 1.807) is 42.4 Å². The van der Waals surface area contributed by atoms with Crippen LogP contribution in [-0.4, -0.2) is 33.2 Å². The molecule has 26 heavy (non-hydrogen) atoms. The highest BCUT2D eigenvalue weighted by Gasteiger charge is 2.32. The fraction of sp³-hybridized carbons (Fsp3) is 0.250. The molecule has 0 spiro atoms. The van der Waals surface area contributed by atoms with E-state index in [1.165, 1.54) is 5.41 Å². The Bertz CT molecular complexity index is 933. The quantitative estimate of drug-likeness (QED) is 0.810. The maximum atomic E-state index is 13.3. The molecule has 0 saturated carbocycles. The van der Waals surface area contributed by atoms with Crippen LogP contribution in [0.2, 0.25) is 0 Å². The number of rotatable bonds is 5. The van der Waals surface area contributed by atoms with Crippen molar-refractivity contribution in [1.82, 2.24) is 0 Å². The topological polar surface area (TPSA) is 63.7 Å². The predicted molar refractivity (Wildman–Crippen MR) is 102 cm³/mol. The number of aryl methyl sites for hydroxylation is 1. The van der Waals surface area contributed by atoms with Gasteiger partial charge in [0.05, 0.1) is 18.9 Å². The van der Waals surface area contributed by atoms with Gasteiger partial charge in [0.15, 0.2) is 9.84 Å². The smallest absolute Gasteiger partial charge is 0.258 e. The van der Waals surface area contributed by atoms with Gasteiger partial charge in [-0.2, -0.15) is 0 Å². The largest absolute Gasteiger partial charge is 0.497 e. The van der Waals surface area contributed by atoms with Crippen molar-refractivity contribution >= 4 is 21.4 Å². The number of benzene rings is 2. The maximum Gasteiger partial charge on any atom is 0.258 e. The molecule has 1 heterocycles. The summed E-state index contributed by atoms with van der Waals surface area (Å²) in [6, 6.07) is 13.9. The van der Waals surface area contributed by atoms with E-state index in [1.807, 2.05) is 31.2 Å². The number of carbonyl (C=O) groups excluding carboxylic acids is 1. The number of sulfone groups is 1. The fourth-order valence-corrected chi connectivity index (χ4v) is 4.34. The van der Waals surface area contributed by atoms with Crippen LogP contribution < -0.4 is 9.64 Å². The summed E-state index contributed by atoms with van der Waals surface area (Å²) < 4.78 is 29.0.